The molecule has 3 heterocycles. The lowest BCUT2D eigenvalue weighted by Crippen LogP contribution is -2.46. The predicted molar refractivity (Wildman–Crippen MR) is 154 cm³/mol. The molecule has 2 N–H and O–H groups in total. The van der Waals surface area contributed by atoms with E-state index in [0.29, 0.717) is 41.8 Å². The zero-order chi connectivity index (χ0) is 28.9. The van der Waals surface area contributed by atoms with Crippen LogP contribution in [0.1, 0.15) is 24.9 Å². The standard InChI is InChI=1S/C29H33F2N7O3/c1-4-29(39)35-22-15-23(26(40-3)16-25(22)37-11-9-36(5-2)10-12-37)34-27-17-28(33-18-32-27)38-24(8-13-41-38)20-14-19(30)6-7-21(20)31/h4,6-7,14-18,24H,1,5,8-13H2,2-3H3,(H,35,39)(H,32,33,34). The van der Waals surface area contributed by atoms with Crippen molar-refractivity contribution in [1.29, 1.82) is 0 Å². The van der Waals surface area contributed by atoms with Gasteiger partial charge in [0.1, 0.15) is 29.5 Å². The van der Waals surface area contributed by atoms with Crippen molar-refractivity contribution in [3.63, 3.8) is 0 Å². The van der Waals surface area contributed by atoms with Crippen molar-refractivity contribution < 1.29 is 23.1 Å². The molecule has 0 spiro atoms. The molecule has 2 aliphatic rings. The van der Waals surface area contributed by atoms with Crippen molar-refractivity contribution in [2.24, 2.45) is 0 Å². The number of likely N-dealkylation sites (N-methyl/N-ethyl adjacent to an activating group) is 1. The Morgan fingerprint density at radius 3 is 2.68 bits per heavy atom. The molecule has 1 aromatic heterocycles. The number of carbonyl (C=O) groups is 1. The van der Waals surface area contributed by atoms with Gasteiger partial charge in [-0.2, -0.15) is 0 Å². The molecule has 216 valence electrons. The Hall–Kier alpha value is -4.29. The van der Waals surface area contributed by atoms with Gasteiger partial charge in [0.2, 0.25) is 5.91 Å². The Bertz CT molecular complexity index is 1420. The van der Waals surface area contributed by atoms with E-state index in [0.717, 1.165) is 50.5 Å². The molecule has 3 aromatic rings. The topological polar surface area (TPSA) is 95.1 Å². The molecule has 2 aromatic carbocycles. The van der Waals surface area contributed by atoms with Crippen molar-refractivity contribution in [3.8, 4) is 5.75 Å². The van der Waals surface area contributed by atoms with Gasteiger partial charge in [0, 0.05) is 50.3 Å². The number of methoxy groups -OCH3 is 1. The second-order valence-corrected chi connectivity index (χ2v) is 9.70. The first kappa shape index (κ1) is 28.2. The van der Waals surface area contributed by atoms with E-state index in [1.165, 1.54) is 23.5 Å². The average molecular weight is 566 g/mol. The first-order valence-electron chi connectivity index (χ1n) is 13.5. The van der Waals surface area contributed by atoms with Gasteiger partial charge in [-0.05, 0) is 36.9 Å². The number of halogens is 2. The number of nitrogens with one attached hydrogen (secondary N) is 2. The van der Waals surface area contributed by atoms with Crippen LogP contribution in [0.15, 0.2) is 55.4 Å². The van der Waals surface area contributed by atoms with Crippen LogP contribution in [-0.4, -0.2) is 67.2 Å². The van der Waals surface area contributed by atoms with E-state index in [2.05, 4.69) is 43.9 Å². The zero-order valence-electron chi connectivity index (χ0n) is 23.1. The number of anilines is 5. The maximum Gasteiger partial charge on any atom is 0.247 e. The second kappa shape index (κ2) is 12.5. The molecule has 1 atom stereocenters. The minimum absolute atomic E-state index is 0.190. The van der Waals surface area contributed by atoms with Gasteiger partial charge in [0.15, 0.2) is 5.82 Å². The molecule has 2 saturated heterocycles. The molecule has 12 heteroatoms. The van der Waals surface area contributed by atoms with Gasteiger partial charge in [-0.15, -0.1) is 0 Å². The molecule has 0 saturated carbocycles. The first-order valence-corrected chi connectivity index (χ1v) is 13.5. The van der Waals surface area contributed by atoms with Gasteiger partial charge in [-0.25, -0.2) is 23.8 Å². The quantitative estimate of drug-likeness (QED) is 0.360. The van der Waals surface area contributed by atoms with Crippen molar-refractivity contribution in [2.45, 2.75) is 19.4 Å². The first-order chi connectivity index (χ1) is 19.9. The van der Waals surface area contributed by atoms with Crippen LogP contribution in [0.2, 0.25) is 0 Å². The van der Waals surface area contributed by atoms with E-state index in [1.54, 1.807) is 19.2 Å². The number of aromatic nitrogens is 2. The number of hydrogen-bond acceptors (Lipinski definition) is 9. The summed E-state index contributed by atoms with van der Waals surface area (Å²) in [5.74, 6) is -0.0481. The number of nitrogens with zero attached hydrogens (tertiary/aromatic N) is 5. The van der Waals surface area contributed by atoms with Gasteiger partial charge < -0.3 is 25.2 Å². The number of amides is 1. The highest BCUT2D eigenvalue weighted by Gasteiger charge is 2.31. The van der Waals surface area contributed by atoms with Crippen LogP contribution in [0.4, 0.5) is 37.5 Å². The summed E-state index contributed by atoms with van der Waals surface area (Å²) >= 11 is 0. The Balaban J connectivity index is 1.44. The molecule has 10 nitrogen and oxygen atoms in total. The SMILES string of the molecule is C=CC(=O)Nc1cc(Nc2cc(N3OCCC3c3cc(F)ccc3F)ncn2)c(OC)cc1N1CCN(CC)CC1. The minimum atomic E-state index is -0.559. The maximum absolute atomic E-state index is 14.6. The van der Waals surface area contributed by atoms with Crippen LogP contribution in [-0.2, 0) is 9.63 Å². The summed E-state index contributed by atoms with van der Waals surface area (Å²) in [5.41, 5.74) is 2.19. The molecule has 2 aliphatic heterocycles. The summed E-state index contributed by atoms with van der Waals surface area (Å²) in [5, 5.41) is 7.63. The van der Waals surface area contributed by atoms with E-state index in [9.17, 15) is 13.6 Å². The van der Waals surface area contributed by atoms with Gasteiger partial charge in [0.05, 0.1) is 36.8 Å². The number of ether oxygens (including phenoxy) is 1. The van der Waals surface area contributed by atoms with Crippen molar-refractivity contribution >= 4 is 34.6 Å². The summed E-state index contributed by atoms with van der Waals surface area (Å²) in [6, 6.07) is 8.14. The molecule has 0 bridgehead atoms. The number of carbonyl (C=O) groups excluding carboxylic acids is 1. The Kier molecular flexibility index (Phi) is 8.60. The number of piperazine rings is 1. The van der Waals surface area contributed by atoms with E-state index in [4.69, 9.17) is 9.57 Å². The normalized spacial score (nSPS) is 17.4. The lowest BCUT2D eigenvalue weighted by Gasteiger charge is -2.36. The molecule has 1 unspecified atom stereocenters. The van der Waals surface area contributed by atoms with Crippen molar-refractivity contribution in [2.75, 3.05) is 67.0 Å². The summed E-state index contributed by atoms with van der Waals surface area (Å²) < 4.78 is 34.2. The smallest absolute Gasteiger partial charge is 0.247 e. The molecule has 2 fully saturated rings. The van der Waals surface area contributed by atoms with E-state index in [1.807, 2.05) is 6.07 Å². The van der Waals surface area contributed by atoms with Crippen LogP contribution >= 0.6 is 0 Å². The lowest BCUT2D eigenvalue weighted by molar-refractivity contribution is -0.111. The van der Waals surface area contributed by atoms with E-state index >= 15 is 0 Å². The van der Waals surface area contributed by atoms with E-state index in [-0.39, 0.29) is 11.5 Å². The minimum Gasteiger partial charge on any atom is -0.494 e. The third-order valence-corrected chi connectivity index (χ3v) is 7.28. The fourth-order valence-corrected chi connectivity index (χ4v) is 5.11. The van der Waals surface area contributed by atoms with Gasteiger partial charge >= 0.3 is 0 Å². The largest absolute Gasteiger partial charge is 0.494 e. The maximum atomic E-state index is 14.6. The Labute approximate surface area is 237 Å². The van der Waals surface area contributed by atoms with Crippen molar-refractivity contribution in [1.82, 2.24) is 14.9 Å². The fraction of sp³-hybridized carbons (Fsp3) is 0.345. The zero-order valence-corrected chi connectivity index (χ0v) is 23.1. The van der Waals surface area contributed by atoms with Crippen LogP contribution in [0.25, 0.3) is 0 Å². The Morgan fingerprint density at radius 1 is 1.15 bits per heavy atom. The summed E-state index contributed by atoms with van der Waals surface area (Å²) in [6.07, 6.45) is 3.04. The monoisotopic (exact) mass is 565 g/mol. The number of benzene rings is 2. The fourth-order valence-electron chi connectivity index (χ4n) is 5.11. The molecule has 0 aliphatic carbocycles. The second-order valence-electron chi connectivity index (χ2n) is 9.70. The average Bonchev–Trinajstić information content (AvgIpc) is 3.48. The summed E-state index contributed by atoms with van der Waals surface area (Å²) in [6.45, 7) is 10.5. The van der Waals surface area contributed by atoms with Crippen LogP contribution in [0, 0.1) is 11.6 Å². The van der Waals surface area contributed by atoms with Gasteiger partial charge in [0.25, 0.3) is 0 Å². The molecular formula is C29H33F2N7O3. The molecule has 5 rings (SSSR count). The third-order valence-electron chi connectivity index (χ3n) is 7.28. The highest BCUT2D eigenvalue weighted by molar-refractivity contribution is 6.02. The lowest BCUT2D eigenvalue weighted by atomic mass is 10.0. The van der Waals surface area contributed by atoms with E-state index < -0.39 is 17.7 Å². The highest BCUT2D eigenvalue weighted by Crippen LogP contribution is 2.40. The summed E-state index contributed by atoms with van der Waals surface area (Å²) in [4.78, 5) is 31.3. The molecule has 0 radical (unpaired) electrons. The highest BCUT2D eigenvalue weighted by atomic mass is 19.1. The number of rotatable bonds is 9. The van der Waals surface area contributed by atoms with Crippen LogP contribution < -0.4 is 25.3 Å². The van der Waals surface area contributed by atoms with Crippen LogP contribution in [0.3, 0.4) is 0 Å². The third kappa shape index (κ3) is 6.23. The van der Waals surface area contributed by atoms with Gasteiger partial charge in [-0.3, -0.25) is 9.63 Å². The molecular weight excluding hydrogens is 532 g/mol. The van der Waals surface area contributed by atoms with Crippen LogP contribution in [0.5, 0.6) is 5.75 Å². The molecule has 1 amide bonds. The molecule has 41 heavy (non-hydrogen) atoms. The predicted octanol–water partition coefficient (Wildman–Crippen LogP) is 4.66. The Morgan fingerprint density at radius 2 is 1.95 bits per heavy atom. The number of hydroxylamine groups is 1. The van der Waals surface area contributed by atoms with Gasteiger partial charge in [-0.1, -0.05) is 13.5 Å². The van der Waals surface area contributed by atoms with Crippen molar-refractivity contribution in [3.05, 3.63) is 72.6 Å². The summed E-state index contributed by atoms with van der Waals surface area (Å²) in [7, 11) is 1.57. The number of hydrogen-bond donors (Lipinski definition) is 2.